The molecule has 0 unspecified atom stereocenters. The Morgan fingerprint density at radius 3 is 2.47 bits per heavy atom. The number of aromatic nitrogens is 2. The van der Waals surface area contributed by atoms with Gasteiger partial charge in [0.15, 0.2) is 5.82 Å². The predicted octanol–water partition coefficient (Wildman–Crippen LogP) is 2.46. The van der Waals surface area contributed by atoms with Crippen LogP contribution in [0.25, 0.3) is 0 Å². The highest BCUT2D eigenvalue weighted by Crippen LogP contribution is 2.16. The fourth-order valence-corrected chi connectivity index (χ4v) is 1.94. The molecule has 1 heterocycles. The van der Waals surface area contributed by atoms with Crippen LogP contribution < -0.4 is 5.32 Å². The lowest BCUT2D eigenvalue weighted by Gasteiger charge is -2.05. The van der Waals surface area contributed by atoms with Gasteiger partial charge in [-0.2, -0.15) is 10.4 Å². The number of aryl methyl sites for hydroxylation is 3. The molecular formula is C14H14N4O. The number of anilines is 1. The third-order valence-electron chi connectivity index (χ3n) is 2.77. The summed E-state index contributed by atoms with van der Waals surface area (Å²) in [6.45, 7) is 5.60. The van der Waals surface area contributed by atoms with E-state index in [4.69, 9.17) is 5.26 Å². The molecule has 0 bridgehead atoms. The maximum absolute atomic E-state index is 12.1. The van der Waals surface area contributed by atoms with Crippen molar-refractivity contribution in [1.29, 1.82) is 5.26 Å². The van der Waals surface area contributed by atoms with E-state index in [0.717, 1.165) is 11.1 Å². The summed E-state index contributed by atoms with van der Waals surface area (Å²) in [5, 5.41) is 18.2. The summed E-state index contributed by atoms with van der Waals surface area (Å²) < 4.78 is 0. The molecule has 0 radical (unpaired) electrons. The number of H-pyrrole nitrogens is 1. The van der Waals surface area contributed by atoms with Crippen molar-refractivity contribution in [2.45, 2.75) is 20.8 Å². The molecule has 1 aromatic carbocycles. The number of nitrogens with one attached hydrogen (secondary N) is 2. The van der Waals surface area contributed by atoms with Gasteiger partial charge in [0.2, 0.25) is 0 Å². The Bertz CT molecular complexity index is 659. The monoisotopic (exact) mass is 254 g/mol. The minimum atomic E-state index is -0.269. The van der Waals surface area contributed by atoms with Gasteiger partial charge in [-0.3, -0.25) is 9.89 Å². The van der Waals surface area contributed by atoms with Crippen LogP contribution in [0.2, 0.25) is 0 Å². The van der Waals surface area contributed by atoms with Crippen molar-refractivity contribution in [3.05, 3.63) is 46.1 Å². The van der Waals surface area contributed by atoms with Crippen molar-refractivity contribution in [2.75, 3.05) is 5.32 Å². The van der Waals surface area contributed by atoms with Crippen molar-refractivity contribution in [3.8, 4) is 6.07 Å². The van der Waals surface area contributed by atoms with Gasteiger partial charge >= 0.3 is 0 Å². The molecule has 5 nitrogen and oxygen atoms in total. The molecule has 0 aliphatic heterocycles. The molecule has 2 rings (SSSR count). The van der Waals surface area contributed by atoms with Crippen LogP contribution in [0.3, 0.4) is 0 Å². The number of nitriles is 1. The number of benzene rings is 1. The zero-order chi connectivity index (χ0) is 14.0. The number of rotatable bonds is 2. The van der Waals surface area contributed by atoms with Crippen LogP contribution in [0.1, 0.15) is 32.7 Å². The van der Waals surface area contributed by atoms with E-state index in [1.54, 1.807) is 19.1 Å². The van der Waals surface area contributed by atoms with Gasteiger partial charge in [0, 0.05) is 5.56 Å². The van der Waals surface area contributed by atoms with Crippen molar-refractivity contribution in [3.63, 3.8) is 0 Å². The largest absolute Gasteiger partial charge is 0.304 e. The summed E-state index contributed by atoms with van der Waals surface area (Å²) in [6.07, 6.45) is 0. The van der Waals surface area contributed by atoms with E-state index >= 15 is 0 Å². The first-order valence-electron chi connectivity index (χ1n) is 5.86. The van der Waals surface area contributed by atoms with Gasteiger partial charge in [-0.15, -0.1) is 0 Å². The van der Waals surface area contributed by atoms with E-state index < -0.39 is 0 Å². The highest BCUT2D eigenvalue weighted by molar-refractivity contribution is 6.04. The normalized spacial score (nSPS) is 10.0. The first-order chi connectivity index (χ1) is 9.01. The number of hydrogen-bond donors (Lipinski definition) is 2. The number of carbonyl (C=O) groups excluding carboxylic acids is 1. The van der Waals surface area contributed by atoms with Crippen LogP contribution in [0.5, 0.6) is 0 Å². The van der Waals surface area contributed by atoms with Crippen LogP contribution in [-0.4, -0.2) is 16.1 Å². The summed E-state index contributed by atoms with van der Waals surface area (Å²) >= 11 is 0. The molecule has 0 atom stereocenters. The SMILES string of the molecule is Cc1cc(C)cc(C(=O)Nc2n[nH]c(C)c2C#N)c1. The van der Waals surface area contributed by atoms with Gasteiger partial charge in [-0.05, 0) is 32.9 Å². The Balaban J connectivity index is 2.28. The number of aromatic amines is 1. The second kappa shape index (κ2) is 4.94. The lowest BCUT2D eigenvalue weighted by atomic mass is 10.1. The number of amides is 1. The third-order valence-corrected chi connectivity index (χ3v) is 2.77. The van der Waals surface area contributed by atoms with Gasteiger partial charge < -0.3 is 5.32 Å². The second-order valence-electron chi connectivity index (χ2n) is 4.51. The Morgan fingerprint density at radius 1 is 1.26 bits per heavy atom. The van der Waals surface area contributed by atoms with Crippen LogP contribution in [0, 0.1) is 32.1 Å². The summed E-state index contributed by atoms with van der Waals surface area (Å²) in [5.41, 5.74) is 3.59. The average molecular weight is 254 g/mol. The summed E-state index contributed by atoms with van der Waals surface area (Å²) in [7, 11) is 0. The maximum Gasteiger partial charge on any atom is 0.256 e. The quantitative estimate of drug-likeness (QED) is 0.863. The fourth-order valence-electron chi connectivity index (χ4n) is 1.94. The molecule has 2 N–H and O–H groups in total. The Hall–Kier alpha value is -2.61. The number of carbonyl (C=O) groups is 1. The van der Waals surface area contributed by atoms with Crippen molar-refractivity contribution in [2.24, 2.45) is 0 Å². The highest BCUT2D eigenvalue weighted by Gasteiger charge is 2.14. The van der Waals surface area contributed by atoms with E-state index in [1.165, 1.54) is 0 Å². The highest BCUT2D eigenvalue weighted by atomic mass is 16.1. The van der Waals surface area contributed by atoms with E-state index in [-0.39, 0.29) is 11.7 Å². The van der Waals surface area contributed by atoms with E-state index in [0.29, 0.717) is 16.8 Å². The summed E-state index contributed by atoms with van der Waals surface area (Å²) in [5.74, 6) is -0.000964. The lowest BCUT2D eigenvalue weighted by molar-refractivity contribution is 0.102. The molecule has 2 aromatic rings. The molecule has 1 amide bonds. The van der Waals surface area contributed by atoms with Gasteiger partial charge in [0.25, 0.3) is 5.91 Å². The number of hydrogen-bond acceptors (Lipinski definition) is 3. The fraction of sp³-hybridized carbons (Fsp3) is 0.214. The molecule has 0 saturated heterocycles. The van der Waals surface area contributed by atoms with E-state index in [9.17, 15) is 4.79 Å². The van der Waals surface area contributed by atoms with Crippen LogP contribution in [-0.2, 0) is 0 Å². The summed E-state index contributed by atoms with van der Waals surface area (Å²) in [4.78, 5) is 12.1. The number of nitrogens with zero attached hydrogens (tertiary/aromatic N) is 2. The van der Waals surface area contributed by atoms with Crippen LogP contribution in [0.15, 0.2) is 18.2 Å². The van der Waals surface area contributed by atoms with Crippen molar-refractivity contribution < 1.29 is 4.79 Å². The minimum Gasteiger partial charge on any atom is -0.304 e. The third kappa shape index (κ3) is 2.63. The standard InChI is InChI=1S/C14H14N4O/c1-8-4-9(2)6-11(5-8)14(19)16-13-12(7-15)10(3)17-18-13/h4-6H,1-3H3,(H2,16,17,18,19). The average Bonchev–Trinajstić information content (AvgIpc) is 2.68. The molecule has 0 fully saturated rings. The molecule has 19 heavy (non-hydrogen) atoms. The molecule has 5 heteroatoms. The molecule has 0 aliphatic rings. The van der Waals surface area contributed by atoms with E-state index in [2.05, 4.69) is 15.5 Å². The van der Waals surface area contributed by atoms with E-state index in [1.807, 2.05) is 26.0 Å². The van der Waals surface area contributed by atoms with Crippen molar-refractivity contribution >= 4 is 11.7 Å². The smallest absolute Gasteiger partial charge is 0.256 e. The molecular weight excluding hydrogens is 240 g/mol. The molecule has 0 saturated carbocycles. The van der Waals surface area contributed by atoms with Crippen LogP contribution >= 0.6 is 0 Å². The zero-order valence-electron chi connectivity index (χ0n) is 11.0. The van der Waals surface area contributed by atoms with Gasteiger partial charge in [0.05, 0.1) is 5.69 Å². The summed E-state index contributed by atoms with van der Waals surface area (Å²) in [6, 6.07) is 7.61. The maximum atomic E-state index is 12.1. The molecule has 1 aromatic heterocycles. The van der Waals surface area contributed by atoms with Crippen molar-refractivity contribution in [1.82, 2.24) is 10.2 Å². The zero-order valence-corrected chi connectivity index (χ0v) is 11.0. The van der Waals surface area contributed by atoms with Gasteiger partial charge in [0.1, 0.15) is 11.6 Å². The molecule has 96 valence electrons. The lowest BCUT2D eigenvalue weighted by Crippen LogP contribution is -2.13. The van der Waals surface area contributed by atoms with Gasteiger partial charge in [-0.25, -0.2) is 0 Å². The topological polar surface area (TPSA) is 81.6 Å². The molecule has 0 spiro atoms. The Morgan fingerprint density at radius 2 is 1.89 bits per heavy atom. The Kier molecular flexibility index (Phi) is 3.34. The first kappa shape index (κ1) is 12.8. The van der Waals surface area contributed by atoms with Gasteiger partial charge in [-0.1, -0.05) is 17.2 Å². The predicted molar refractivity (Wildman–Crippen MR) is 71.9 cm³/mol. The van der Waals surface area contributed by atoms with Crippen LogP contribution in [0.4, 0.5) is 5.82 Å². The second-order valence-corrected chi connectivity index (χ2v) is 4.51. The molecule has 0 aliphatic carbocycles. The minimum absolute atomic E-state index is 0.268. The Labute approximate surface area is 111 Å². The first-order valence-corrected chi connectivity index (χ1v) is 5.86.